The van der Waals surface area contributed by atoms with Crippen molar-refractivity contribution in [3.8, 4) is 11.8 Å². The summed E-state index contributed by atoms with van der Waals surface area (Å²) in [5, 5.41) is 9.54. The number of nitrogens with one attached hydrogen (secondary N) is 1. The minimum atomic E-state index is -0.614. The van der Waals surface area contributed by atoms with Crippen molar-refractivity contribution in [2.75, 3.05) is 7.11 Å². The molecule has 0 aliphatic carbocycles. The number of rotatable bonds is 4. The van der Waals surface area contributed by atoms with Gasteiger partial charge in [0.1, 0.15) is 5.75 Å². The lowest BCUT2D eigenvalue weighted by molar-refractivity contribution is 0.0818. The van der Waals surface area contributed by atoms with E-state index in [0.29, 0.717) is 27.8 Å². The van der Waals surface area contributed by atoms with E-state index in [1.165, 1.54) is 13.3 Å². The van der Waals surface area contributed by atoms with Crippen LogP contribution in [0.15, 0.2) is 48.7 Å². The second-order valence-corrected chi connectivity index (χ2v) is 4.96. The van der Waals surface area contributed by atoms with Crippen molar-refractivity contribution in [3.05, 3.63) is 65.4 Å². The summed E-state index contributed by atoms with van der Waals surface area (Å²) in [4.78, 5) is 27.8. The van der Waals surface area contributed by atoms with Crippen molar-refractivity contribution < 1.29 is 14.3 Å². The second kappa shape index (κ2) is 5.78. The maximum Gasteiger partial charge on any atom is 0.235 e. The number of aromatic nitrogens is 1. The molecule has 0 atom stereocenters. The normalized spacial score (nSPS) is 10.3. The molecular weight excluding hydrogens is 292 g/mol. The molecule has 112 valence electrons. The van der Waals surface area contributed by atoms with E-state index in [0.717, 1.165) is 0 Å². The molecule has 3 rings (SSSR count). The Labute approximate surface area is 132 Å². The number of nitriles is 1. The fourth-order valence-electron chi connectivity index (χ4n) is 2.37. The number of benzene rings is 2. The molecule has 23 heavy (non-hydrogen) atoms. The SMILES string of the molecule is COc1ccc(C(=O)C(=O)c2c[nH]c3ccc(C#N)cc23)cc1. The number of nitrogens with zero attached hydrogens (tertiary/aromatic N) is 1. The first-order chi connectivity index (χ1) is 11.1. The molecule has 5 heteroatoms. The number of aromatic amines is 1. The first-order valence-corrected chi connectivity index (χ1v) is 6.88. The van der Waals surface area contributed by atoms with Gasteiger partial charge in [-0.15, -0.1) is 0 Å². The van der Waals surface area contributed by atoms with Gasteiger partial charge in [-0.3, -0.25) is 9.59 Å². The van der Waals surface area contributed by atoms with Crippen LogP contribution in [0.4, 0.5) is 0 Å². The summed E-state index contributed by atoms with van der Waals surface area (Å²) in [6, 6.07) is 13.3. The lowest BCUT2D eigenvalue weighted by atomic mass is 10.0. The Morgan fingerprint density at radius 2 is 1.83 bits per heavy atom. The minimum absolute atomic E-state index is 0.262. The molecule has 1 N–H and O–H groups in total. The van der Waals surface area contributed by atoms with Crippen LogP contribution in [0.3, 0.4) is 0 Å². The van der Waals surface area contributed by atoms with E-state index >= 15 is 0 Å². The van der Waals surface area contributed by atoms with Crippen LogP contribution in [0.2, 0.25) is 0 Å². The zero-order valence-electron chi connectivity index (χ0n) is 12.3. The third kappa shape index (κ3) is 2.58. The molecule has 0 aliphatic heterocycles. The third-order valence-corrected chi connectivity index (χ3v) is 3.61. The highest BCUT2D eigenvalue weighted by Crippen LogP contribution is 2.22. The van der Waals surface area contributed by atoms with E-state index in [1.54, 1.807) is 42.5 Å². The maximum absolute atomic E-state index is 12.5. The number of methoxy groups -OCH3 is 1. The van der Waals surface area contributed by atoms with Gasteiger partial charge < -0.3 is 9.72 Å². The number of carbonyl (C=O) groups is 2. The van der Waals surface area contributed by atoms with Gasteiger partial charge in [-0.05, 0) is 42.5 Å². The largest absolute Gasteiger partial charge is 0.497 e. The molecule has 0 spiro atoms. The number of ketones is 2. The van der Waals surface area contributed by atoms with Crippen LogP contribution in [0.1, 0.15) is 26.3 Å². The summed E-state index contributed by atoms with van der Waals surface area (Å²) in [5.74, 6) is -0.604. The smallest absolute Gasteiger partial charge is 0.235 e. The predicted octanol–water partition coefficient (Wildman–Crippen LogP) is 3.11. The van der Waals surface area contributed by atoms with Crippen molar-refractivity contribution in [3.63, 3.8) is 0 Å². The first kappa shape index (κ1) is 14.5. The second-order valence-electron chi connectivity index (χ2n) is 4.96. The van der Waals surface area contributed by atoms with Crippen LogP contribution in [0.25, 0.3) is 10.9 Å². The summed E-state index contributed by atoms with van der Waals surface area (Å²) in [7, 11) is 1.53. The molecule has 0 saturated heterocycles. The molecule has 0 fully saturated rings. The van der Waals surface area contributed by atoms with Crippen LogP contribution in [-0.2, 0) is 0 Å². The van der Waals surface area contributed by atoms with Gasteiger partial charge >= 0.3 is 0 Å². The monoisotopic (exact) mass is 304 g/mol. The van der Waals surface area contributed by atoms with Crippen molar-refractivity contribution in [2.24, 2.45) is 0 Å². The van der Waals surface area contributed by atoms with Crippen LogP contribution in [-0.4, -0.2) is 23.7 Å². The molecule has 0 aliphatic rings. The molecule has 0 saturated carbocycles. The fourth-order valence-corrected chi connectivity index (χ4v) is 2.37. The first-order valence-electron chi connectivity index (χ1n) is 6.88. The van der Waals surface area contributed by atoms with Gasteiger partial charge in [0, 0.05) is 22.7 Å². The topological polar surface area (TPSA) is 83.0 Å². The van der Waals surface area contributed by atoms with Crippen molar-refractivity contribution in [1.82, 2.24) is 4.98 Å². The molecule has 0 amide bonds. The van der Waals surface area contributed by atoms with Crippen LogP contribution >= 0.6 is 0 Å². The summed E-state index contributed by atoms with van der Waals surface area (Å²) in [5.41, 5.74) is 1.69. The van der Waals surface area contributed by atoms with E-state index in [2.05, 4.69) is 4.98 Å². The van der Waals surface area contributed by atoms with Gasteiger partial charge in [0.15, 0.2) is 0 Å². The average Bonchev–Trinajstić information content (AvgIpc) is 3.03. The highest BCUT2D eigenvalue weighted by Gasteiger charge is 2.21. The van der Waals surface area contributed by atoms with Crippen LogP contribution in [0, 0.1) is 11.3 Å². The van der Waals surface area contributed by atoms with Crippen molar-refractivity contribution >= 4 is 22.5 Å². The molecule has 0 radical (unpaired) electrons. The fraction of sp³-hybridized carbons (Fsp3) is 0.0556. The zero-order valence-corrected chi connectivity index (χ0v) is 12.3. The van der Waals surface area contributed by atoms with E-state index in [9.17, 15) is 9.59 Å². The molecule has 1 aromatic heterocycles. The summed E-state index contributed by atoms with van der Waals surface area (Å²) >= 11 is 0. The zero-order chi connectivity index (χ0) is 16.4. The van der Waals surface area contributed by atoms with Gasteiger partial charge in [-0.2, -0.15) is 5.26 Å². The van der Waals surface area contributed by atoms with Crippen molar-refractivity contribution in [1.29, 1.82) is 5.26 Å². The quantitative estimate of drug-likeness (QED) is 0.593. The molecular formula is C18H12N2O3. The standard InChI is InChI=1S/C18H12N2O3/c1-23-13-5-3-12(4-6-13)17(21)18(22)15-10-20-16-7-2-11(9-19)8-14(15)16/h2-8,10,20H,1H3. The Morgan fingerprint density at radius 3 is 2.48 bits per heavy atom. The van der Waals surface area contributed by atoms with Gasteiger partial charge in [0.2, 0.25) is 11.6 Å². The number of Topliss-reactive ketones (excluding diaryl/α,β-unsaturated/α-hetero) is 2. The van der Waals surface area contributed by atoms with Crippen molar-refractivity contribution in [2.45, 2.75) is 0 Å². The highest BCUT2D eigenvalue weighted by molar-refractivity contribution is 6.50. The lowest BCUT2D eigenvalue weighted by Crippen LogP contribution is -2.14. The van der Waals surface area contributed by atoms with Crippen LogP contribution in [0.5, 0.6) is 5.75 Å². The van der Waals surface area contributed by atoms with Gasteiger partial charge in [0.25, 0.3) is 0 Å². The molecule has 0 bridgehead atoms. The van der Waals surface area contributed by atoms with Gasteiger partial charge in [0.05, 0.1) is 24.3 Å². The minimum Gasteiger partial charge on any atom is -0.497 e. The van der Waals surface area contributed by atoms with Gasteiger partial charge in [-0.1, -0.05) is 0 Å². The Bertz CT molecular complexity index is 947. The molecule has 1 heterocycles. The molecule has 0 unspecified atom stereocenters. The number of fused-ring (bicyclic) bond motifs is 1. The number of ether oxygens (including phenoxy) is 1. The molecule has 5 nitrogen and oxygen atoms in total. The Morgan fingerprint density at radius 1 is 1.09 bits per heavy atom. The Balaban J connectivity index is 1.99. The number of H-pyrrole nitrogens is 1. The van der Waals surface area contributed by atoms with E-state index in [4.69, 9.17) is 10.00 Å². The number of hydrogen-bond donors (Lipinski definition) is 1. The summed E-state index contributed by atoms with van der Waals surface area (Å²) < 4.78 is 5.03. The molecule has 2 aromatic carbocycles. The summed E-state index contributed by atoms with van der Waals surface area (Å²) in [6.45, 7) is 0. The number of hydrogen-bond acceptors (Lipinski definition) is 4. The van der Waals surface area contributed by atoms with Gasteiger partial charge in [-0.25, -0.2) is 0 Å². The van der Waals surface area contributed by atoms with E-state index in [-0.39, 0.29) is 5.56 Å². The van der Waals surface area contributed by atoms with Crippen LogP contribution < -0.4 is 4.74 Å². The lowest BCUT2D eigenvalue weighted by Gasteiger charge is -2.02. The molecule has 3 aromatic rings. The highest BCUT2D eigenvalue weighted by atomic mass is 16.5. The Kier molecular flexibility index (Phi) is 3.65. The third-order valence-electron chi connectivity index (χ3n) is 3.61. The maximum atomic E-state index is 12.5. The van der Waals surface area contributed by atoms with E-state index < -0.39 is 11.6 Å². The average molecular weight is 304 g/mol. The predicted molar refractivity (Wildman–Crippen MR) is 84.7 cm³/mol. The number of carbonyl (C=O) groups excluding carboxylic acids is 2. The summed E-state index contributed by atoms with van der Waals surface area (Å²) in [6.07, 6.45) is 1.50. The van der Waals surface area contributed by atoms with E-state index in [1.807, 2.05) is 6.07 Å². The Hall–Kier alpha value is -3.39.